The lowest BCUT2D eigenvalue weighted by molar-refractivity contribution is -0.139. The predicted molar refractivity (Wildman–Crippen MR) is 89.4 cm³/mol. The van der Waals surface area contributed by atoms with Gasteiger partial charge < -0.3 is 10.1 Å². The smallest absolute Gasteiger partial charge is 0.421 e. The maximum absolute atomic E-state index is 13.3. The van der Waals surface area contributed by atoms with Gasteiger partial charge in [0.1, 0.15) is 17.4 Å². The summed E-state index contributed by atoms with van der Waals surface area (Å²) in [5, 5.41) is 3.32. The second-order valence-corrected chi connectivity index (χ2v) is 7.92. The molecule has 1 unspecified atom stereocenters. The molecule has 0 aromatic heterocycles. The highest BCUT2D eigenvalue weighted by atomic mass is 35.5. The number of nitrogens with one attached hydrogen (secondary N) is 1. The molecule has 130 valence electrons. The third-order valence-electron chi connectivity index (χ3n) is 3.76. The Labute approximate surface area is 144 Å². The summed E-state index contributed by atoms with van der Waals surface area (Å²) in [5.74, 6) is 0.695. The Morgan fingerprint density at radius 3 is 2.70 bits per heavy atom. The molecule has 1 aromatic carbocycles. The van der Waals surface area contributed by atoms with Crippen LogP contribution in [0.5, 0.6) is 5.75 Å². The van der Waals surface area contributed by atoms with E-state index in [0.29, 0.717) is 11.0 Å². The van der Waals surface area contributed by atoms with Gasteiger partial charge in [0.25, 0.3) is 0 Å². The molecule has 0 aliphatic carbocycles. The summed E-state index contributed by atoms with van der Waals surface area (Å²) in [6.45, 7) is 5.77. The third-order valence-corrected chi connectivity index (χ3v) is 5.26. The van der Waals surface area contributed by atoms with Gasteiger partial charge in [-0.1, -0.05) is 31.5 Å². The predicted octanol–water partition coefficient (Wildman–Crippen LogP) is 4.86. The zero-order valence-electron chi connectivity index (χ0n) is 13.1. The highest BCUT2D eigenvalue weighted by Gasteiger charge is 2.38. The summed E-state index contributed by atoms with van der Waals surface area (Å²) in [6, 6.07) is 4.09. The quantitative estimate of drug-likeness (QED) is 0.776. The fourth-order valence-electron chi connectivity index (χ4n) is 2.59. The molecule has 1 N–H and O–H groups in total. The van der Waals surface area contributed by atoms with E-state index in [9.17, 15) is 13.2 Å². The van der Waals surface area contributed by atoms with Crippen LogP contribution in [0.4, 0.5) is 13.2 Å². The Balaban J connectivity index is 2.23. The van der Waals surface area contributed by atoms with Crippen molar-refractivity contribution < 1.29 is 17.9 Å². The number of hydrogen-bond donors (Lipinski definition) is 1. The van der Waals surface area contributed by atoms with E-state index >= 15 is 0 Å². The van der Waals surface area contributed by atoms with Crippen molar-refractivity contribution in [2.45, 2.75) is 37.8 Å². The Bertz CT molecular complexity index is 519. The summed E-state index contributed by atoms with van der Waals surface area (Å²) >= 11 is 7.46. The van der Waals surface area contributed by atoms with Crippen LogP contribution in [-0.2, 0) is 6.18 Å². The molecule has 0 bridgehead atoms. The second kappa shape index (κ2) is 7.99. The summed E-state index contributed by atoms with van der Waals surface area (Å²) < 4.78 is 45.6. The molecule has 1 aliphatic rings. The van der Waals surface area contributed by atoms with E-state index in [4.69, 9.17) is 16.3 Å². The van der Waals surface area contributed by atoms with Gasteiger partial charge >= 0.3 is 6.18 Å². The molecule has 7 heteroatoms. The molecule has 2 rings (SSSR count). The van der Waals surface area contributed by atoms with Crippen LogP contribution < -0.4 is 10.1 Å². The largest absolute Gasteiger partial charge is 0.489 e. The fourth-order valence-corrected chi connectivity index (χ4v) is 3.78. The minimum atomic E-state index is -4.53. The Hall–Kier alpha value is -0.590. The number of halogens is 4. The lowest BCUT2D eigenvalue weighted by Crippen LogP contribution is -2.32. The topological polar surface area (TPSA) is 21.3 Å². The SMILES string of the molecule is CC(C)SC[C@@H](Oc1cccc(Cl)c1C(F)(F)F)C1CCNC1. The molecule has 0 radical (unpaired) electrons. The number of ether oxygens (including phenoxy) is 1. The molecule has 0 spiro atoms. The van der Waals surface area contributed by atoms with Crippen molar-refractivity contribution in [2.75, 3.05) is 18.8 Å². The zero-order valence-corrected chi connectivity index (χ0v) is 14.7. The van der Waals surface area contributed by atoms with Crippen molar-refractivity contribution in [3.05, 3.63) is 28.8 Å². The van der Waals surface area contributed by atoms with Crippen molar-refractivity contribution in [2.24, 2.45) is 5.92 Å². The molecular weight excluding hydrogens is 347 g/mol. The first-order valence-electron chi connectivity index (χ1n) is 7.63. The van der Waals surface area contributed by atoms with Gasteiger partial charge in [-0.05, 0) is 30.3 Å². The molecular formula is C16H21ClF3NOS. The highest BCUT2D eigenvalue weighted by Crippen LogP contribution is 2.42. The fraction of sp³-hybridized carbons (Fsp3) is 0.625. The summed E-state index contributed by atoms with van der Waals surface area (Å²) in [7, 11) is 0. The first kappa shape index (κ1) is 18.7. The second-order valence-electron chi connectivity index (χ2n) is 5.90. The van der Waals surface area contributed by atoms with E-state index in [0.717, 1.165) is 19.5 Å². The van der Waals surface area contributed by atoms with Crippen LogP contribution in [0, 0.1) is 5.92 Å². The molecule has 2 nitrogen and oxygen atoms in total. The average Bonchev–Trinajstić information content (AvgIpc) is 2.95. The lowest BCUT2D eigenvalue weighted by atomic mass is 10.0. The number of alkyl halides is 3. The first-order chi connectivity index (χ1) is 10.8. The molecule has 2 atom stereocenters. The van der Waals surface area contributed by atoms with Crippen LogP contribution in [0.25, 0.3) is 0 Å². The molecule has 0 saturated carbocycles. The highest BCUT2D eigenvalue weighted by molar-refractivity contribution is 7.99. The van der Waals surface area contributed by atoms with Crippen LogP contribution in [0.2, 0.25) is 5.02 Å². The van der Waals surface area contributed by atoms with E-state index in [1.165, 1.54) is 18.2 Å². The number of hydrogen-bond acceptors (Lipinski definition) is 3. The van der Waals surface area contributed by atoms with Crippen LogP contribution >= 0.6 is 23.4 Å². The minimum Gasteiger partial charge on any atom is -0.489 e. The minimum absolute atomic E-state index is 0.175. The molecule has 1 aromatic rings. The molecule has 0 amide bonds. The van der Waals surface area contributed by atoms with Crippen molar-refractivity contribution in [3.63, 3.8) is 0 Å². The molecule has 1 fully saturated rings. The van der Waals surface area contributed by atoms with E-state index in [-0.39, 0.29) is 22.8 Å². The normalized spacial score (nSPS) is 20.0. The number of thioether (sulfide) groups is 1. The van der Waals surface area contributed by atoms with Crippen molar-refractivity contribution in [3.8, 4) is 5.75 Å². The van der Waals surface area contributed by atoms with Gasteiger partial charge in [-0.15, -0.1) is 0 Å². The maximum Gasteiger partial charge on any atom is 0.421 e. The van der Waals surface area contributed by atoms with Gasteiger partial charge in [0.2, 0.25) is 0 Å². The third kappa shape index (κ3) is 5.19. The van der Waals surface area contributed by atoms with Crippen molar-refractivity contribution >= 4 is 23.4 Å². The summed E-state index contributed by atoms with van der Waals surface area (Å²) in [5.41, 5.74) is -0.882. The van der Waals surface area contributed by atoms with E-state index in [1.54, 1.807) is 11.8 Å². The van der Waals surface area contributed by atoms with Crippen LogP contribution in [0.3, 0.4) is 0 Å². The number of benzene rings is 1. The van der Waals surface area contributed by atoms with Crippen molar-refractivity contribution in [1.82, 2.24) is 5.32 Å². The van der Waals surface area contributed by atoms with Gasteiger partial charge in [-0.2, -0.15) is 24.9 Å². The lowest BCUT2D eigenvalue weighted by Gasteiger charge is -2.26. The van der Waals surface area contributed by atoms with E-state index in [1.807, 2.05) is 0 Å². The zero-order chi connectivity index (χ0) is 17.0. The molecule has 1 aliphatic heterocycles. The van der Waals surface area contributed by atoms with Crippen LogP contribution in [0.15, 0.2) is 18.2 Å². The van der Waals surface area contributed by atoms with Gasteiger partial charge in [-0.3, -0.25) is 0 Å². The van der Waals surface area contributed by atoms with Crippen LogP contribution in [-0.4, -0.2) is 30.2 Å². The van der Waals surface area contributed by atoms with E-state index < -0.39 is 11.7 Å². The maximum atomic E-state index is 13.3. The Morgan fingerprint density at radius 1 is 1.39 bits per heavy atom. The standard InChI is InChI=1S/C16H21ClF3NOS/c1-10(2)23-9-14(11-6-7-21-8-11)22-13-5-3-4-12(17)15(13)16(18,19)20/h3-5,10-11,14,21H,6-9H2,1-2H3/t11?,14-/m1/s1. The first-order valence-corrected chi connectivity index (χ1v) is 9.06. The molecule has 1 saturated heterocycles. The van der Waals surface area contributed by atoms with Crippen LogP contribution in [0.1, 0.15) is 25.8 Å². The molecule has 1 heterocycles. The van der Waals surface area contributed by atoms with Crippen molar-refractivity contribution in [1.29, 1.82) is 0 Å². The van der Waals surface area contributed by atoms with Gasteiger partial charge in [0, 0.05) is 18.2 Å². The monoisotopic (exact) mass is 367 g/mol. The van der Waals surface area contributed by atoms with Gasteiger partial charge in [0.15, 0.2) is 0 Å². The summed E-state index contributed by atoms with van der Waals surface area (Å²) in [6.07, 6.45) is -3.89. The van der Waals surface area contributed by atoms with Gasteiger partial charge in [-0.25, -0.2) is 0 Å². The summed E-state index contributed by atoms with van der Waals surface area (Å²) in [4.78, 5) is 0. The average molecular weight is 368 g/mol. The van der Waals surface area contributed by atoms with E-state index in [2.05, 4.69) is 19.2 Å². The molecule has 23 heavy (non-hydrogen) atoms. The Morgan fingerprint density at radius 2 is 2.13 bits per heavy atom. The number of rotatable bonds is 6. The van der Waals surface area contributed by atoms with Gasteiger partial charge in [0.05, 0.1) is 5.02 Å². The Kier molecular flexibility index (Phi) is 6.51.